The van der Waals surface area contributed by atoms with Gasteiger partial charge in [0, 0.05) is 0 Å². The fourth-order valence-corrected chi connectivity index (χ4v) is 1.90. The van der Waals surface area contributed by atoms with Crippen LogP contribution in [-0.4, -0.2) is 14.5 Å². The molecule has 0 spiro atoms. The number of aryl methyl sites for hydroxylation is 1. The zero-order valence-corrected chi connectivity index (χ0v) is 9.78. The molecule has 1 aromatic carbocycles. The van der Waals surface area contributed by atoms with Gasteiger partial charge in [-0.15, -0.1) is 0 Å². The maximum absolute atomic E-state index is 11.3. The maximum Gasteiger partial charge on any atom is 0.241 e. The van der Waals surface area contributed by atoms with Crippen LogP contribution < -0.4 is 9.88 Å². The zero-order chi connectivity index (χ0) is 12.3. The summed E-state index contributed by atoms with van der Waals surface area (Å²) in [5, 5.41) is 13.6. The van der Waals surface area contributed by atoms with Crippen molar-refractivity contribution >= 4 is 10.0 Å². The van der Waals surface area contributed by atoms with E-state index in [4.69, 9.17) is 15.1 Å². The lowest BCUT2D eigenvalue weighted by Gasteiger charge is -2.11. The van der Waals surface area contributed by atoms with E-state index < -0.39 is 16.1 Å². The summed E-state index contributed by atoms with van der Waals surface area (Å²) in [5.41, 5.74) is 0.751. The monoisotopic (exact) mass is 240 g/mol. The molecule has 0 bridgehead atoms. The van der Waals surface area contributed by atoms with Crippen molar-refractivity contribution in [1.82, 2.24) is 0 Å². The van der Waals surface area contributed by atoms with Gasteiger partial charge in [0.25, 0.3) is 0 Å². The van der Waals surface area contributed by atoms with Crippen LogP contribution in [0.15, 0.2) is 23.1 Å². The molecule has 0 aliphatic rings. The summed E-state index contributed by atoms with van der Waals surface area (Å²) in [6, 6.07) is 6.44. The number of hydrogen-bond donors (Lipinski definition) is 1. The van der Waals surface area contributed by atoms with Gasteiger partial charge in [0.05, 0.1) is 0 Å². The SMILES string of the molecule is Cc1ccc(OC(C)C#N)c(S(N)(=O)=O)c1. The number of nitrogens with zero attached hydrogens (tertiary/aromatic N) is 1. The van der Waals surface area contributed by atoms with E-state index in [2.05, 4.69) is 0 Å². The smallest absolute Gasteiger partial charge is 0.241 e. The molecule has 0 fully saturated rings. The summed E-state index contributed by atoms with van der Waals surface area (Å²) in [5.74, 6) is 0.0992. The fraction of sp³-hybridized carbons (Fsp3) is 0.300. The van der Waals surface area contributed by atoms with E-state index >= 15 is 0 Å². The number of primary sulfonamides is 1. The quantitative estimate of drug-likeness (QED) is 0.850. The lowest BCUT2D eigenvalue weighted by molar-refractivity contribution is 0.269. The van der Waals surface area contributed by atoms with Gasteiger partial charge in [-0.1, -0.05) is 6.07 Å². The number of rotatable bonds is 3. The van der Waals surface area contributed by atoms with E-state index in [1.165, 1.54) is 19.1 Å². The van der Waals surface area contributed by atoms with E-state index in [-0.39, 0.29) is 10.6 Å². The van der Waals surface area contributed by atoms with E-state index in [9.17, 15) is 8.42 Å². The van der Waals surface area contributed by atoms with Crippen molar-refractivity contribution in [3.8, 4) is 11.8 Å². The Hall–Kier alpha value is -1.58. The van der Waals surface area contributed by atoms with Crippen LogP contribution in [0.2, 0.25) is 0 Å². The molecule has 0 amide bonds. The Morgan fingerprint density at radius 3 is 2.62 bits per heavy atom. The van der Waals surface area contributed by atoms with E-state index in [0.29, 0.717) is 0 Å². The number of sulfonamides is 1. The van der Waals surface area contributed by atoms with Crippen LogP contribution in [0.3, 0.4) is 0 Å². The first-order chi connectivity index (χ1) is 7.34. The molecule has 0 saturated carbocycles. The summed E-state index contributed by atoms with van der Waals surface area (Å²) in [4.78, 5) is -0.102. The van der Waals surface area contributed by atoms with Crippen LogP contribution in [0, 0.1) is 18.3 Å². The molecule has 1 rings (SSSR count). The zero-order valence-electron chi connectivity index (χ0n) is 8.97. The van der Waals surface area contributed by atoms with Crippen molar-refractivity contribution in [2.45, 2.75) is 24.8 Å². The summed E-state index contributed by atoms with van der Waals surface area (Å²) in [6.07, 6.45) is -0.733. The van der Waals surface area contributed by atoms with Crippen LogP contribution in [-0.2, 0) is 10.0 Å². The first-order valence-electron chi connectivity index (χ1n) is 4.54. The van der Waals surface area contributed by atoms with Crippen molar-refractivity contribution in [3.05, 3.63) is 23.8 Å². The van der Waals surface area contributed by atoms with Gasteiger partial charge in [0.1, 0.15) is 16.7 Å². The van der Waals surface area contributed by atoms with Gasteiger partial charge < -0.3 is 4.74 Å². The predicted octanol–water partition coefficient (Wildman–Crippen LogP) is 0.933. The topological polar surface area (TPSA) is 93.2 Å². The minimum atomic E-state index is -3.84. The molecular weight excluding hydrogens is 228 g/mol. The van der Waals surface area contributed by atoms with Crippen molar-refractivity contribution in [2.24, 2.45) is 5.14 Å². The van der Waals surface area contributed by atoms with E-state index in [1.54, 1.807) is 13.0 Å². The minimum Gasteiger partial charge on any atom is -0.474 e. The lowest BCUT2D eigenvalue weighted by atomic mass is 10.2. The fourth-order valence-electron chi connectivity index (χ4n) is 1.15. The molecule has 5 nitrogen and oxygen atoms in total. The molecule has 0 aromatic heterocycles. The molecule has 16 heavy (non-hydrogen) atoms. The third-order valence-electron chi connectivity index (χ3n) is 1.89. The van der Waals surface area contributed by atoms with Crippen molar-refractivity contribution in [3.63, 3.8) is 0 Å². The Bertz CT molecular complexity index is 531. The number of benzene rings is 1. The molecular formula is C10H12N2O3S. The van der Waals surface area contributed by atoms with Crippen molar-refractivity contribution in [1.29, 1.82) is 5.26 Å². The van der Waals surface area contributed by atoms with Gasteiger partial charge >= 0.3 is 0 Å². The first-order valence-corrected chi connectivity index (χ1v) is 6.09. The molecule has 0 radical (unpaired) electrons. The second kappa shape index (κ2) is 4.51. The highest BCUT2D eigenvalue weighted by molar-refractivity contribution is 7.89. The van der Waals surface area contributed by atoms with Gasteiger partial charge in [-0.25, -0.2) is 13.6 Å². The highest BCUT2D eigenvalue weighted by Gasteiger charge is 2.16. The highest BCUT2D eigenvalue weighted by atomic mass is 32.2. The van der Waals surface area contributed by atoms with Crippen LogP contribution in [0.25, 0.3) is 0 Å². The Balaban J connectivity index is 3.25. The lowest BCUT2D eigenvalue weighted by Crippen LogP contribution is -2.16. The van der Waals surface area contributed by atoms with Gasteiger partial charge in [-0.2, -0.15) is 5.26 Å². The molecule has 6 heteroatoms. The van der Waals surface area contributed by atoms with Crippen LogP contribution in [0.5, 0.6) is 5.75 Å². The standard InChI is InChI=1S/C10H12N2O3S/c1-7-3-4-9(15-8(2)6-11)10(5-7)16(12,13)14/h3-5,8H,1-2H3,(H2,12,13,14). The van der Waals surface area contributed by atoms with Crippen LogP contribution in [0.4, 0.5) is 0 Å². The predicted molar refractivity (Wildman–Crippen MR) is 58.3 cm³/mol. The largest absolute Gasteiger partial charge is 0.474 e. The normalized spacial score (nSPS) is 12.9. The van der Waals surface area contributed by atoms with E-state index in [1.807, 2.05) is 6.07 Å². The molecule has 0 aliphatic carbocycles. The average molecular weight is 240 g/mol. The van der Waals surface area contributed by atoms with Gasteiger partial charge in [-0.3, -0.25) is 0 Å². The molecule has 86 valence electrons. The third kappa shape index (κ3) is 2.95. The molecule has 1 atom stereocenters. The Morgan fingerprint density at radius 2 is 2.12 bits per heavy atom. The second-order valence-corrected chi connectivity index (χ2v) is 4.91. The molecule has 0 aliphatic heterocycles. The molecule has 1 aromatic rings. The molecule has 2 N–H and O–H groups in total. The number of nitrogens with two attached hydrogens (primary N) is 1. The summed E-state index contributed by atoms with van der Waals surface area (Å²) in [6.45, 7) is 3.26. The Labute approximate surface area is 94.5 Å². The molecule has 0 saturated heterocycles. The molecule has 1 unspecified atom stereocenters. The van der Waals surface area contributed by atoms with E-state index in [0.717, 1.165) is 5.56 Å². The summed E-state index contributed by atoms with van der Waals surface area (Å²) in [7, 11) is -3.84. The Kier molecular flexibility index (Phi) is 3.52. The number of ether oxygens (including phenoxy) is 1. The number of hydrogen-bond acceptors (Lipinski definition) is 4. The third-order valence-corrected chi connectivity index (χ3v) is 2.82. The van der Waals surface area contributed by atoms with Crippen molar-refractivity contribution < 1.29 is 13.2 Å². The average Bonchev–Trinajstić information content (AvgIpc) is 2.19. The second-order valence-electron chi connectivity index (χ2n) is 3.38. The van der Waals surface area contributed by atoms with Crippen LogP contribution >= 0.6 is 0 Å². The maximum atomic E-state index is 11.3. The van der Waals surface area contributed by atoms with Crippen molar-refractivity contribution in [2.75, 3.05) is 0 Å². The summed E-state index contributed by atoms with van der Waals surface area (Å²) < 4.78 is 27.7. The highest BCUT2D eigenvalue weighted by Crippen LogP contribution is 2.24. The van der Waals surface area contributed by atoms with Gasteiger partial charge in [0.2, 0.25) is 10.0 Å². The van der Waals surface area contributed by atoms with Gasteiger partial charge in [0.15, 0.2) is 6.10 Å². The first kappa shape index (κ1) is 12.5. The Morgan fingerprint density at radius 1 is 1.50 bits per heavy atom. The number of nitriles is 1. The summed E-state index contributed by atoms with van der Waals surface area (Å²) >= 11 is 0. The molecule has 0 heterocycles. The van der Waals surface area contributed by atoms with Gasteiger partial charge in [-0.05, 0) is 31.5 Å². The minimum absolute atomic E-state index is 0.0992. The van der Waals surface area contributed by atoms with Crippen LogP contribution in [0.1, 0.15) is 12.5 Å².